The van der Waals surface area contributed by atoms with E-state index in [1.165, 1.54) is 26.1 Å². The number of aryl methyl sites for hydroxylation is 1. The van der Waals surface area contributed by atoms with Crippen molar-refractivity contribution in [3.05, 3.63) is 29.6 Å². The molecule has 1 rings (SSSR count). The van der Waals surface area contributed by atoms with Gasteiger partial charge in [-0.25, -0.2) is 12.8 Å². The molecule has 0 aliphatic rings. The third-order valence-electron chi connectivity index (χ3n) is 2.25. The predicted molar refractivity (Wildman–Crippen MR) is 58.0 cm³/mol. The number of likely N-dealkylation sites (N-methyl/N-ethyl adjacent to an activating group) is 1. The monoisotopic (exact) mass is 247 g/mol. The molecule has 0 radical (unpaired) electrons. The average molecular weight is 247 g/mol. The highest BCUT2D eigenvalue weighted by atomic mass is 32.2. The second kappa shape index (κ2) is 4.90. The summed E-state index contributed by atoms with van der Waals surface area (Å²) in [7, 11) is -2.27. The molecule has 0 saturated heterocycles. The lowest BCUT2D eigenvalue weighted by atomic mass is 10.2. The van der Waals surface area contributed by atoms with Crippen LogP contribution >= 0.6 is 0 Å². The lowest BCUT2D eigenvalue weighted by Gasteiger charge is -2.16. The van der Waals surface area contributed by atoms with Gasteiger partial charge in [-0.3, -0.25) is 0 Å². The van der Waals surface area contributed by atoms with E-state index >= 15 is 0 Å². The van der Waals surface area contributed by atoms with Crippen LogP contribution in [-0.2, 0) is 10.0 Å². The quantitative estimate of drug-likeness (QED) is 0.854. The molecule has 0 unspecified atom stereocenters. The van der Waals surface area contributed by atoms with Crippen LogP contribution in [0.1, 0.15) is 5.56 Å². The highest BCUT2D eigenvalue weighted by molar-refractivity contribution is 7.89. The minimum absolute atomic E-state index is 0.0127. The minimum Gasteiger partial charge on any atom is -0.395 e. The molecule has 6 heteroatoms. The fraction of sp³-hybridized carbons (Fsp3) is 0.400. The zero-order valence-electron chi connectivity index (χ0n) is 9.14. The Labute approximate surface area is 94.4 Å². The maximum Gasteiger partial charge on any atom is 0.242 e. The number of sulfonamides is 1. The van der Waals surface area contributed by atoms with Gasteiger partial charge in [-0.1, -0.05) is 0 Å². The van der Waals surface area contributed by atoms with Crippen molar-refractivity contribution in [3.63, 3.8) is 0 Å². The first kappa shape index (κ1) is 13.1. The van der Waals surface area contributed by atoms with Gasteiger partial charge in [0.25, 0.3) is 0 Å². The number of hydrogen-bond acceptors (Lipinski definition) is 3. The van der Waals surface area contributed by atoms with E-state index in [-0.39, 0.29) is 23.6 Å². The van der Waals surface area contributed by atoms with Gasteiger partial charge in [0.05, 0.1) is 11.5 Å². The molecule has 0 amide bonds. The van der Waals surface area contributed by atoms with Crippen LogP contribution in [0.2, 0.25) is 0 Å². The number of benzene rings is 1. The summed E-state index contributed by atoms with van der Waals surface area (Å²) in [6, 6.07) is 3.61. The van der Waals surface area contributed by atoms with E-state index in [1.54, 1.807) is 0 Å². The smallest absolute Gasteiger partial charge is 0.242 e. The first-order chi connectivity index (χ1) is 7.39. The second-order valence-corrected chi connectivity index (χ2v) is 5.51. The summed E-state index contributed by atoms with van der Waals surface area (Å²) in [5.41, 5.74) is 0.276. The molecule has 0 heterocycles. The SMILES string of the molecule is Cc1cc(S(=O)(=O)N(C)CCO)ccc1F. The topological polar surface area (TPSA) is 57.6 Å². The fourth-order valence-corrected chi connectivity index (χ4v) is 2.47. The van der Waals surface area contributed by atoms with E-state index in [9.17, 15) is 12.8 Å². The molecular weight excluding hydrogens is 233 g/mol. The molecule has 0 spiro atoms. The van der Waals surface area contributed by atoms with Crippen LogP contribution in [0.4, 0.5) is 4.39 Å². The lowest BCUT2D eigenvalue weighted by Crippen LogP contribution is -2.29. The zero-order valence-corrected chi connectivity index (χ0v) is 9.96. The normalized spacial score (nSPS) is 12.1. The van der Waals surface area contributed by atoms with Crippen molar-refractivity contribution in [1.82, 2.24) is 4.31 Å². The van der Waals surface area contributed by atoms with Gasteiger partial charge in [0.2, 0.25) is 10.0 Å². The summed E-state index contributed by atoms with van der Waals surface area (Å²) < 4.78 is 37.8. The molecule has 1 aromatic carbocycles. The Kier molecular flexibility index (Phi) is 4.01. The Morgan fingerprint density at radius 2 is 2.06 bits per heavy atom. The molecule has 0 aliphatic heterocycles. The molecule has 0 saturated carbocycles. The third-order valence-corrected chi connectivity index (χ3v) is 4.11. The summed E-state index contributed by atoms with van der Waals surface area (Å²) in [6.07, 6.45) is 0. The van der Waals surface area contributed by atoms with Crippen molar-refractivity contribution in [2.45, 2.75) is 11.8 Å². The van der Waals surface area contributed by atoms with E-state index in [0.29, 0.717) is 0 Å². The second-order valence-electron chi connectivity index (χ2n) is 3.46. The van der Waals surface area contributed by atoms with Crippen molar-refractivity contribution in [2.75, 3.05) is 20.2 Å². The molecule has 0 bridgehead atoms. The molecule has 16 heavy (non-hydrogen) atoms. The van der Waals surface area contributed by atoms with Crippen molar-refractivity contribution in [2.24, 2.45) is 0 Å². The zero-order chi connectivity index (χ0) is 12.3. The van der Waals surface area contributed by atoms with Crippen molar-refractivity contribution in [3.8, 4) is 0 Å². The summed E-state index contributed by atoms with van der Waals surface area (Å²) >= 11 is 0. The number of hydrogen-bond donors (Lipinski definition) is 1. The summed E-state index contributed by atoms with van der Waals surface area (Å²) in [4.78, 5) is 0.0300. The molecule has 0 aliphatic carbocycles. The van der Waals surface area contributed by atoms with Gasteiger partial charge in [-0.2, -0.15) is 4.31 Å². The lowest BCUT2D eigenvalue weighted by molar-refractivity contribution is 0.266. The maximum atomic E-state index is 13.0. The van der Waals surface area contributed by atoms with Crippen LogP contribution in [0, 0.1) is 12.7 Å². The largest absolute Gasteiger partial charge is 0.395 e. The molecule has 0 aromatic heterocycles. The van der Waals surface area contributed by atoms with Gasteiger partial charge in [0.15, 0.2) is 0 Å². The van der Waals surface area contributed by atoms with Gasteiger partial charge in [0, 0.05) is 13.6 Å². The van der Waals surface area contributed by atoms with E-state index in [2.05, 4.69) is 0 Å². The van der Waals surface area contributed by atoms with Crippen molar-refractivity contribution < 1.29 is 17.9 Å². The van der Waals surface area contributed by atoms with Crippen LogP contribution in [-0.4, -0.2) is 38.0 Å². The van der Waals surface area contributed by atoms with Crippen LogP contribution in [0.15, 0.2) is 23.1 Å². The minimum atomic E-state index is -3.63. The van der Waals surface area contributed by atoms with E-state index in [1.807, 2.05) is 0 Å². The van der Waals surface area contributed by atoms with E-state index in [0.717, 1.165) is 10.4 Å². The van der Waals surface area contributed by atoms with Gasteiger partial charge in [-0.15, -0.1) is 0 Å². The Bertz CT molecular complexity index is 473. The number of rotatable bonds is 4. The van der Waals surface area contributed by atoms with Crippen LogP contribution in [0.25, 0.3) is 0 Å². The molecule has 1 N–H and O–H groups in total. The molecule has 90 valence electrons. The van der Waals surface area contributed by atoms with Gasteiger partial charge in [-0.05, 0) is 30.7 Å². The van der Waals surface area contributed by atoms with Gasteiger partial charge in [0.1, 0.15) is 5.82 Å². The summed E-state index contributed by atoms with van der Waals surface area (Å²) in [5.74, 6) is -0.441. The first-order valence-corrected chi connectivity index (χ1v) is 6.17. The Hall–Kier alpha value is -0.980. The molecular formula is C10H14FNO3S. The Balaban J connectivity index is 3.12. The Morgan fingerprint density at radius 3 is 2.56 bits per heavy atom. The summed E-state index contributed by atoms with van der Waals surface area (Å²) in [5, 5.41) is 8.68. The predicted octanol–water partition coefficient (Wildman–Crippen LogP) is 0.747. The Morgan fingerprint density at radius 1 is 1.44 bits per heavy atom. The number of aliphatic hydroxyl groups excluding tert-OH is 1. The highest BCUT2D eigenvalue weighted by Crippen LogP contribution is 2.17. The number of aliphatic hydroxyl groups is 1. The van der Waals surface area contributed by atoms with Crippen molar-refractivity contribution >= 4 is 10.0 Å². The van der Waals surface area contributed by atoms with Crippen molar-refractivity contribution in [1.29, 1.82) is 0 Å². The number of nitrogens with zero attached hydrogens (tertiary/aromatic N) is 1. The van der Waals surface area contributed by atoms with Gasteiger partial charge >= 0.3 is 0 Å². The van der Waals surface area contributed by atoms with Crippen LogP contribution < -0.4 is 0 Å². The van der Waals surface area contributed by atoms with Gasteiger partial charge < -0.3 is 5.11 Å². The summed E-state index contributed by atoms with van der Waals surface area (Å²) in [6.45, 7) is 1.26. The molecule has 0 atom stereocenters. The van der Waals surface area contributed by atoms with E-state index in [4.69, 9.17) is 5.11 Å². The third kappa shape index (κ3) is 2.58. The fourth-order valence-electron chi connectivity index (χ4n) is 1.22. The molecule has 4 nitrogen and oxygen atoms in total. The standard InChI is InChI=1S/C10H14FNO3S/c1-8-7-9(3-4-10(8)11)16(14,15)12(2)5-6-13/h3-4,7,13H,5-6H2,1-2H3. The first-order valence-electron chi connectivity index (χ1n) is 4.73. The number of halogens is 1. The average Bonchev–Trinajstić information content (AvgIpc) is 2.22. The van der Waals surface area contributed by atoms with E-state index < -0.39 is 15.8 Å². The highest BCUT2D eigenvalue weighted by Gasteiger charge is 2.20. The molecule has 0 fully saturated rings. The molecule has 1 aromatic rings. The van der Waals surface area contributed by atoms with Crippen LogP contribution in [0.3, 0.4) is 0 Å². The van der Waals surface area contributed by atoms with Crippen LogP contribution in [0.5, 0.6) is 0 Å². The maximum absolute atomic E-state index is 13.0.